The maximum absolute atomic E-state index is 11.8. The summed E-state index contributed by atoms with van der Waals surface area (Å²) in [5, 5.41) is 9.97. The van der Waals surface area contributed by atoms with Crippen LogP contribution in [-0.2, 0) is 4.79 Å². The highest BCUT2D eigenvalue weighted by molar-refractivity contribution is 5.97. The number of benzene rings is 1. The Morgan fingerprint density at radius 2 is 2.05 bits per heavy atom. The normalized spacial score (nSPS) is 10.6. The van der Waals surface area contributed by atoms with Crippen LogP contribution in [0.2, 0.25) is 0 Å². The third-order valence-corrected chi connectivity index (χ3v) is 2.92. The standard InChI is InChI=1S/C14H16N2O3/c1-2-3-8-13(17)15-16-11-7-5-4-6-10(11)9-12(16)14(18)19/h4-7,9H,2-3,8H2,1H3,(H,15,17)(H,18,19). The predicted molar refractivity (Wildman–Crippen MR) is 72.8 cm³/mol. The number of amides is 1. The highest BCUT2D eigenvalue weighted by Gasteiger charge is 2.15. The van der Waals surface area contributed by atoms with Gasteiger partial charge in [0.2, 0.25) is 5.91 Å². The van der Waals surface area contributed by atoms with Crippen molar-refractivity contribution in [2.75, 3.05) is 5.43 Å². The molecule has 0 aliphatic heterocycles. The topological polar surface area (TPSA) is 71.3 Å². The number of nitrogens with zero attached hydrogens (tertiary/aromatic N) is 1. The number of carboxylic acids is 1. The first-order valence-corrected chi connectivity index (χ1v) is 6.27. The van der Waals surface area contributed by atoms with Crippen molar-refractivity contribution < 1.29 is 14.7 Å². The van der Waals surface area contributed by atoms with Crippen LogP contribution in [0.1, 0.15) is 36.7 Å². The summed E-state index contributed by atoms with van der Waals surface area (Å²) in [5.41, 5.74) is 3.39. The Labute approximate surface area is 110 Å². The number of hydrogen-bond donors (Lipinski definition) is 2. The van der Waals surface area contributed by atoms with E-state index in [1.54, 1.807) is 12.1 Å². The fourth-order valence-corrected chi connectivity index (χ4v) is 1.95. The maximum atomic E-state index is 11.8. The molecule has 19 heavy (non-hydrogen) atoms. The van der Waals surface area contributed by atoms with E-state index in [2.05, 4.69) is 5.43 Å². The summed E-state index contributed by atoms with van der Waals surface area (Å²) in [4.78, 5) is 23.0. The van der Waals surface area contributed by atoms with Gasteiger partial charge in [0.25, 0.3) is 0 Å². The lowest BCUT2D eigenvalue weighted by Gasteiger charge is -2.10. The van der Waals surface area contributed by atoms with Gasteiger partial charge in [0.1, 0.15) is 5.69 Å². The number of rotatable bonds is 5. The number of para-hydroxylation sites is 1. The number of aromatic carboxylic acids is 1. The third-order valence-electron chi connectivity index (χ3n) is 2.92. The fourth-order valence-electron chi connectivity index (χ4n) is 1.95. The van der Waals surface area contributed by atoms with Crippen LogP contribution in [0.15, 0.2) is 30.3 Å². The molecule has 2 aromatic rings. The second kappa shape index (κ2) is 5.56. The summed E-state index contributed by atoms with van der Waals surface area (Å²) in [5.74, 6) is -1.24. The Hall–Kier alpha value is -2.30. The van der Waals surface area contributed by atoms with Crippen LogP contribution in [0.4, 0.5) is 0 Å². The second-order valence-electron chi connectivity index (χ2n) is 4.37. The van der Waals surface area contributed by atoms with Crippen molar-refractivity contribution in [3.8, 4) is 0 Å². The largest absolute Gasteiger partial charge is 0.477 e. The molecule has 0 bridgehead atoms. The van der Waals surface area contributed by atoms with E-state index in [0.29, 0.717) is 11.9 Å². The quantitative estimate of drug-likeness (QED) is 0.868. The lowest BCUT2D eigenvalue weighted by atomic mass is 10.2. The van der Waals surface area contributed by atoms with Crippen molar-refractivity contribution in [1.29, 1.82) is 0 Å². The lowest BCUT2D eigenvalue weighted by Crippen LogP contribution is -2.25. The smallest absolute Gasteiger partial charge is 0.354 e. The molecule has 0 aliphatic carbocycles. The molecule has 0 atom stereocenters. The van der Waals surface area contributed by atoms with Gasteiger partial charge in [0.15, 0.2) is 0 Å². The molecular formula is C14H16N2O3. The van der Waals surface area contributed by atoms with Crippen molar-refractivity contribution in [3.05, 3.63) is 36.0 Å². The van der Waals surface area contributed by atoms with Crippen LogP contribution < -0.4 is 5.43 Å². The average Bonchev–Trinajstić information content (AvgIpc) is 2.76. The molecule has 1 aromatic carbocycles. The van der Waals surface area contributed by atoms with Crippen LogP contribution in [0.5, 0.6) is 0 Å². The van der Waals surface area contributed by atoms with Gasteiger partial charge in [-0.25, -0.2) is 9.47 Å². The highest BCUT2D eigenvalue weighted by Crippen LogP contribution is 2.18. The number of hydrogen-bond acceptors (Lipinski definition) is 2. The van der Waals surface area contributed by atoms with E-state index in [4.69, 9.17) is 0 Å². The number of carbonyl (C=O) groups is 2. The minimum atomic E-state index is -1.06. The van der Waals surface area contributed by atoms with Gasteiger partial charge in [-0.05, 0) is 18.6 Å². The molecule has 0 unspecified atom stereocenters. The SMILES string of the molecule is CCCCC(=O)Nn1c(C(=O)O)cc2ccccc21. The van der Waals surface area contributed by atoms with Gasteiger partial charge in [-0.15, -0.1) is 0 Å². The Kier molecular flexibility index (Phi) is 3.85. The van der Waals surface area contributed by atoms with Crippen LogP contribution >= 0.6 is 0 Å². The van der Waals surface area contributed by atoms with Crippen molar-refractivity contribution in [2.24, 2.45) is 0 Å². The zero-order chi connectivity index (χ0) is 13.8. The molecular weight excluding hydrogens is 244 g/mol. The number of aromatic nitrogens is 1. The second-order valence-corrected chi connectivity index (χ2v) is 4.37. The molecule has 0 saturated heterocycles. The van der Waals surface area contributed by atoms with Gasteiger partial charge in [0.05, 0.1) is 5.52 Å². The minimum absolute atomic E-state index is 0.0612. The molecule has 2 rings (SSSR count). The van der Waals surface area contributed by atoms with E-state index in [1.807, 2.05) is 25.1 Å². The summed E-state index contributed by atoms with van der Waals surface area (Å²) >= 11 is 0. The predicted octanol–water partition coefficient (Wildman–Crippen LogP) is 2.60. The van der Waals surface area contributed by atoms with Gasteiger partial charge in [-0.1, -0.05) is 31.5 Å². The van der Waals surface area contributed by atoms with Crippen LogP contribution in [0.3, 0.4) is 0 Å². The number of carboxylic acid groups (broad SMARTS) is 1. The first kappa shape index (κ1) is 13.1. The van der Waals surface area contributed by atoms with Crippen LogP contribution in [-0.4, -0.2) is 21.7 Å². The Morgan fingerprint density at radius 3 is 2.74 bits per heavy atom. The maximum Gasteiger partial charge on any atom is 0.354 e. The molecule has 2 N–H and O–H groups in total. The Morgan fingerprint density at radius 1 is 1.32 bits per heavy atom. The minimum Gasteiger partial charge on any atom is -0.477 e. The summed E-state index contributed by atoms with van der Waals surface area (Å²) in [6.45, 7) is 2.00. The molecule has 100 valence electrons. The summed E-state index contributed by atoms with van der Waals surface area (Å²) in [7, 11) is 0. The molecule has 0 saturated carbocycles. The molecule has 0 radical (unpaired) electrons. The van der Waals surface area contributed by atoms with Gasteiger partial charge >= 0.3 is 5.97 Å². The van der Waals surface area contributed by atoms with E-state index in [0.717, 1.165) is 18.2 Å². The molecule has 1 heterocycles. The van der Waals surface area contributed by atoms with Gasteiger partial charge in [-0.2, -0.15) is 0 Å². The zero-order valence-corrected chi connectivity index (χ0v) is 10.7. The number of unbranched alkanes of at least 4 members (excludes halogenated alkanes) is 1. The first-order valence-electron chi connectivity index (χ1n) is 6.27. The van der Waals surface area contributed by atoms with E-state index in [-0.39, 0.29) is 11.6 Å². The molecule has 5 heteroatoms. The van der Waals surface area contributed by atoms with E-state index >= 15 is 0 Å². The van der Waals surface area contributed by atoms with Gasteiger partial charge in [0, 0.05) is 11.8 Å². The fraction of sp³-hybridized carbons (Fsp3) is 0.286. The van der Waals surface area contributed by atoms with Crippen molar-refractivity contribution in [1.82, 2.24) is 4.68 Å². The molecule has 5 nitrogen and oxygen atoms in total. The van der Waals surface area contributed by atoms with Crippen LogP contribution in [0.25, 0.3) is 10.9 Å². The summed E-state index contributed by atoms with van der Waals surface area (Å²) in [6, 6.07) is 8.79. The lowest BCUT2D eigenvalue weighted by molar-refractivity contribution is -0.117. The molecule has 0 fully saturated rings. The molecule has 0 aliphatic rings. The van der Waals surface area contributed by atoms with Gasteiger partial charge < -0.3 is 5.11 Å². The third kappa shape index (κ3) is 2.76. The Bertz CT molecular complexity index is 616. The average molecular weight is 260 g/mol. The number of fused-ring (bicyclic) bond motifs is 1. The summed E-state index contributed by atoms with van der Waals surface area (Å²) < 4.78 is 1.34. The molecule has 1 aromatic heterocycles. The molecule has 0 spiro atoms. The van der Waals surface area contributed by atoms with E-state index in [9.17, 15) is 14.7 Å². The van der Waals surface area contributed by atoms with Gasteiger partial charge in [-0.3, -0.25) is 10.2 Å². The number of carbonyl (C=O) groups excluding carboxylic acids is 1. The number of nitrogens with one attached hydrogen (secondary N) is 1. The van der Waals surface area contributed by atoms with E-state index < -0.39 is 5.97 Å². The Balaban J connectivity index is 2.36. The monoisotopic (exact) mass is 260 g/mol. The van der Waals surface area contributed by atoms with Crippen molar-refractivity contribution >= 4 is 22.8 Å². The summed E-state index contributed by atoms with van der Waals surface area (Å²) in [6.07, 6.45) is 2.10. The zero-order valence-electron chi connectivity index (χ0n) is 10.7. The van der Waals surface area contributed by atoms with E-state index in [1.165, 1.54) is 4.68 Å². The van der Waals surface area contributed by atoms with Crippen molar-refractivity contribution in [3.63, 3.8) is 0 Å². The molecule has 1 amide bonds. The highest BCUT2D eigenvalue weighted by atomic mass is 16.4. The first-order chi connectivity index (χ1) is 9.13. The van der Waals surface area contributed by atoms with Crippen molar-refractivity contribution in [2.45, 2.75) is 26.2 Å². The van der Waals surface area contributed by atoms with Crippen LogP contribution in [0, 0.1) is 0 Å².